The van der Waals surface area contributed by atoms with Gasteiger partial charge in [0.15, 0.2) is 0 Å². The van der Waals surface area contributed by atoms with Crippen LogP contribution in [0.3, 0.4) is 0 Å². The van der Waals surface area contributed by atoms with E-state index >= 15 is 0 Å². The molecule has 0 bridgehead atoms. The van der Waals surface area contributed by atoms with Crippen LogP contribution in [0.15, 0.2) is 0 Å². The predicted molar refractivity (Wildman–Crippen MR) is 116 cm³/mol. The SMILES string of the molecule is CCCCCCCCCCCCCCCCSCCC(=O)OCC(O)CO. The first-order chi connectivity index (χ1) is 13.2. The number of carbonyl (C=O) groups is 1. The van der Waals surface area contributed by atoms with Gasteiger partial charge >= 0.3 is 5.97 Å². The number of aliphatic hydroxyl groups is 2. The molecule has 0 saturated carbocycles. The number of aliphatic hydroxyl groups excluding tert-OH is 2. The molecule has 0 aliphatic carbocycles. The number of carbonyl (C=O) groups excluding carboxylic acids is 1. The molecule has 0 aliphatic rings. The van der Waals surface area contributed by atoms with Gasteiger partial charge in [0, 0.05) is 5.75 Å². The quantitative estimate of drug-likeness (QED) is 0.196. The number of rotatable bonds is 21. The Morgan fingerprint density at radius 3 is 1.78 bits per heavy atom. The summed E-state index contributed by atoms with van der Waals surface area (Å²) in [5.41, 5.74) is 0. The molecule has 2 N–H and O–H groups in total. The van der Waals surface area contributed by atoms with Crippen molar-refractivity contribution in [3.63, 3.8) is 0 Å². The zero-order chi connectivity index (χ0) is 20.0. The molecule has 0 rings (SSSR count). The number of unbranched alkanes of at least 4 members (excludes halogenated alkanes) is 13. The number of hydrogen-bond acceptors (Lipinski definition) is 5. The maximum atomic E-state index is 11.4. The molecule has 0 fully saturated rings. The Kier molecular flexibility index (Phi) is 21.8. The second-order valence-electron chi connectivity index (χ2n) is 7.48. The lowest BCUT2D eigenvalue weighted by Gasteiger charge is -2.08. The van der Waals surface area contributed by atoms with Gasteiger partial charge in [0.2, 0.25) is 0 Å². The van der Waals surface area contributed by atoms with Crippen LogP contribution in [0.4, 0.5) is 0 Å². The Labute approximate surface area is 171 Å². The first kappa shape index (κ1) is 26.7. The average Bonchev–Trinajstić information content (AvgIpc) is 2.68. The molecule has 4 nitrogen and oxygen atoms in total. The molecule has 5 heteroatoms. The maximum Gasteiger partial charge on any atom is 0.306 e. The zero-order valence-electron chi connectivity index (χ0n) is 17.6. The predicted octanol–water partition coefficient (Wildman–Crippen LogP) is 5.49. The molecule has 1 unspecified atom stereocenters. The van der Waals surface area contributed by atoms with E-state index in [0.29, 0.717) is 6.42 Å². The molecule has 27 heavy (non-hydrogen) atoms. The molecule has 1 atom stereocenters. The summed E-state index contributed by atoms with van der Waals surface area (Å²) in [4.78, 5) is 11.4. The summed E-state index contributed by atoms with van der Waals surface area (Å²) in [5.74, 6) is 1.58. The van der Waals surface area contributed by atoms with Crippen LogP contribution in [0.1, 0.15) is 103 Å². The van der Waals surface area contributed by atoms with Gasteiger partial charge in [-0.15, -0.1) is 0 Å². The Hall–Kier alpha value is -0.260. The van der Waals surface area contributed by atoms with Crippen LogP contribution in [0.25, 0.3) is 0 Å². The minimum Gasteiger partial charge on any atom is -0.463 e. The van der Waals surface area contributed by atoms with E-state index in [2.05, 4.69) is 6.92 Å². The van der Waals surface area contributed by atoms with Gasteiger partial charge in [0.05, 0.1) is 13.0 Å². The van der Waals surface area contributed by atoms with Gasteiger partial charge < -0.3 is 14.9 Å². The van der Waals surface area contributed by atoms with Crippen molar-refractivity contribution in [1.82, 2.24) is 0 Å². The molecule has 0 amide bonds. The molecule has 0 aromatic carbocycles. The van der Waals surface area contributed by atoms with Crippen LogP contribution >= 0.6 is 11.8 Å². The van der Waals surface area contributed by atoms with Crippen LogP contribution in [-0.4, -0.2) is 47.0 Å². The van der Waals surface area contributed by atoms with Gasteiger partial charge in [-0.3, -0.25) is 4.79 Å². The molecule has 0 aromatic heterocycles. The highest BCUT2D eigenvalue weighted by molar-refractivity contribution is 7.99. The Morgan fingerprint density at radius 2 is 1.30 bits per heavy atom. The van der Waals surface area contributed by atoms with E-state index in [1.165, 1.54) is 89.9 Å². The number of thioether (sulfide) groups is 1. The molecule has 0 spiro atoms. The molecule has 0 aromatic rings. The van der Waals surface area contributed by atoms with E-state index in [1.54, 1.807) is 11.8 Å². The van der Waals surface area contributed by atoms with E-state index in [4.69, 9.17) is 14.9 Å². The lowest BCUT2D eigenvalue weighted by atomic mass is 10.0. The second kappa shape index (κ2) is 22.0. The Balaban J connectivity index is 3.11. The molecule has 0 saturated heterocycles. The van der Waals surface area contributed by atoms with Crippen molar-refractivity contribution in [3.8, 4) is 0 Å². The monoisotopic (exact) mass is 404 g/mol. The third kappa shape index (κ3) is 21.9. The summed E-state index contributed by atoms with van der Waals surface area (Å²) >= 11 is 1.79. The van der Waals surface area contributed by atoms with Crippen molar-refractivity contribution in [2.24, 2.45) is 0 Å². The molecular formula is C22H44O4S. The van der Waals surface area contributed by atoms with E-state index in [0.717, 1.165) is 11.5 Å². The van der Waals surface area contributed by atoms with Crippen LogP contribution in [0, 0.1) is 0 Å². The lowest BCUT2D eigenvalue weighted by Crippen LogP contribution is -2.22. The van der Waals surface area contributed by atoms with E-state index in [1.807, 2.05) is 0 Å². The van der Waals surface area contributed by atoms with E-state index in [-0.39, 0.29) is 19.2 Å². The maximum absolute atomic E-state index is 11.4. The lowest BCUT2D eigenvalue weighted by molar-refractivity contribution is -0.146. The smallest absolute Gasteiger partial charge is 0.306 e. The van der Waals surface area contributed by atoms with Crippen molar-refractivity contribution < 1.29 is 19.7 Å². The normalized spacial score (nSPS) is 12.3. The summed E-state index contributed by atoms with van der Waals surface area (Å²) in [6.07, 6.45) is 18.7. The number of hydrogen-bond donors (Lipinski definition) is 2. The third-order valence-electron chi connectivity index (χ3n) is 4.74. The highest BCUT2D eigenvalue weighted by Crippen LogP contribution is 2.14. The van der Waals surface area contributed by atoms with Gasteiger partial charge in [-0.1, -0.05) is 90.4 Å². The Morgan fingerprint density at radius 1 is 0.815 bits per heavy atom. The summed E-state index contributed by atoms with van der Waals surface area (Å²) in [5, 5.41) is 17.7. The van der Waals surface area contributed by atoms with Gasteiger partial charge in [0.1, 0.15) is 12.7 Å². The minimum absolute atomic E-state index is 0.112. The van der Waals surface area contributed by atoms with Gasteiger partial charge in [-0.25, -0.2) is 0 Å². The fraction of sp³-hybridized carbons (Fsp3) is 0.955. The number of ether oxygens (including phenoxy) is 1. The largest absolute Gasteiger partial charge is 0.463 e. The van der Waals surface area contributed by atoms with Crippen LogP contribution < -0.4 is 0 Å². The fourth-order valence-corrected chi connectivity index (χ4v) is 3.89. The van der Waals surface area contributed by atoms with Crippen molar-refractivity contribution in [1.29, 1.82) is 0 Å². The summed E-state index contributed by atoms with van der Waals surface area (Å²) in [6.45, 7) is 1.79. The highest BCUT2D eigenvalue weighted by atomic mass is 32.2. The van der Waals surface area contributed by atoms with Gasteiger partial charge in [0.25, 0.3) is 0 Å². The molecule has 0 radical (unpaired) electrons. The van der Waals surface area contributed by atoms with Crippen molar-refractivity contribution >= 4 is 17.7 Å². The topological polar surface area (TPSA) is 66.8 Å². The fourth-order valence-electron chi connectivity index (χ4n) is 2.97. The third-order valence-corrected chi connectivity index (χ3v) is 5.81. The first-order valence-corrected chi connectivity index (χ1v) is 12.4. The summed E-state index contributed by atoms with van der Waals surface area (Å²) < 4.78 is 4.86. The summed E-state index contributed by atoms with van der Waals surface area (Å²) in [6, 6.07) is 0. The number of esters is 1. The van der Waals surface area contributed by atoms with Crippen LogP contribution in [-0.2, 0) is 9.53 Å². The highest BCUT2D eigenvalue weighted by Gasteiger charge is 2.07. The van der Waals surface area contributed by atoms with E-state index < -0.39 is 6.10 Å². The van der Waals surface area contributed by atoms with Crippen LogP contribution in [0.2, 0.25) is 0 Å². The van der Waals surface area contributed by atoms with E-state index in [9.17, 15) is 4.79 Å². The molecule has 0 aliphatic heterocycles. The van der Waals surface area contributed by atoms with Crippen molar-refractivity contribution in [2.75, 3.05) is 24.7 Å². The van der Waals surface area contributed by atoms with Crippen molar-refractivity contribution in [2.45, 2.75) is 109 Å². The van der Waals surface area contributed by atoms with Gasteiger partial charge in [-0.05, 0) is 12.2 Å². The standard InChI is InChI=1S/C22H44O4S/c1-2-3-4-5-6-7-8-9-10-11-12-13-14-15-17-27-18-16-22(25)26-20-21(24)19-23/h21,23-24H,2-20H2,1H3. The zero-order valence-corrected chi connectivity index (χ0v) is 18.4. The van der Waals surface area contributed by atoms with Crippen molar-refractivity contribution in [3.05, 3.63) is 0 Å². The first-order valence-electron chi connectivity index (χ1n) is 11.2. The summed E-state index contributed by atoms with van der Waals surface area (Å²) in [7, 11) is 0. The molecule has 0 heterocycles. The minimum atomic E-state index is -0.961. The second-order valence-corrected chi connectivity index (χ2v) is 8.70. The van der Waals surface area contributed by atoms with Gasteiger partial charge in [-0.2, -0.15) is 11.8 Å². The molecule has 162 valence electrons. The Bertz CT molecular complexity index is 313. The molecular weight excluding hydrogens is 360 g/mol. The average molecular weight is 405 g/mol. The van der Waals surface area contributed by atoms with Crippen LogP contribution in [0.5, 0.6) is 0 Å².